The summed E-state index contributed by atoms with van der Waals surface area (Å²) in [4.78, 5) is 28.5. The third-order valence-corrected chi connectivity index (χ3v) is 7.54. The Kier molecular flexibility index (Phi) is 3.95. The highest BCUT2D eigenvalue weighted by atomic mass is 79.9. The van der Waals surface area contributed by atoms with Crippen LogP contribution < -0.4 is 10.0 Å². The quantitative estimate of drug-likeness (QED) is 0.630. The Hall–Kier alpha value is -2.51. The molecule has 1 spiro atoms. The van der Waals surface area contributed by atoms with Crippen molar-refractivity contribution in [2.24, 2.45) is 16.9 Å². The van der Waals surface area contributed by atoms with Crippen LogP contribution >= 0.6 is 15.9 Å². The molecule has 2 amide bonds. The number of amides is 2. The number of carbonyl (C=O) groups excluding carboxylic acids is 2. The van der Waals surface area contributed by atoms with Crippen LogP contribution in [0, 0.1) is 11.8 Å². The average Bonchev–Trinajstić information content (AvgIpc) is 3.34. The van der Waals surface area contributed by atoms with Crippen LogP contribution in [0.4, 0.5) is 11.4 Å². The van der Waals surface area contributed by atoms with Crippen molar-refractivity contribution < 1.29 is 9.59 Å². The molecule has 152 valence electrons. The number of anilines is 2. The molecule has 2 aromatic carbocycles. The normalized spacial score (nSPS) is 30.4. The molecule has 30 heavy (non-hydrogen) atoms. The van der Waals surface area contributed by atoms with E-state index in [1.165, 1.54) is 4.90 Å². The first-order valence-electron chi connectivity index (χ1n) is 10.5. The van der Waals surface area contributed by atoms with Gasteiger partial charge in [0.1, 0.15) is 0 Å². The summed E-state index contributed by atoms with van der Waals surface area (Å²) in [6, 6.07) is 17.3. The van der Waals surface area contributed by atoms with Crippen LogP contribution in [0.25, 0.3) is 0 Å². The number of hydrogen-bond acceptors (Lipinski definition) is 5. The minimum absolute atomic E-state index is 0.0778. The van der Waals surface area contributed by atoms with E-state index in [2.05, 4.69) is 20.9 Å². The molecule has 3 atom stereocenters. The van der Waals surface area contributed by atoms with Crippen molar-refractivity contribution in [1.29, 1.82) is 0 Å². The first-order chi connectivity index (χ1) is 14.6. The molecule has 0 unspecified atom stereocenters. The number of hydrazine groups is 1. The van der Waals surface area contributed by atoms with Gasteiger partial charge in [0.15, 0.2) is 0 Å². The summed E-state index contributed by atoms with van der Waals surface area (Å²) in [7, 11) is 0. The van der Waals surface area contributed by atoms with E-state index in [1.54, 1.807) is 0 Å². The highest BCUT2D eigenvalue weighted by molar-refractivity contribution is 9.10. The first-order valence-corrected chi connectivity index (χ1v) is 11.2. The number of carbonyl (C=O) groups is 2. The minimum Gasteiger partial charge on any atom is -0.274 e. The van der Waals surface area contributed by atoms with E-state index in [4.69, 9.17) is 5.10 Å². The van der Waals surface area contributed by atoms with Crippen LogP contribution in [0.5, 0.6) is 0 Å². The third-order valence-electron chi connectivity index (χ3n) is 7.01. The molecule has 0 N–H and O–H groups in total. The molecule has 1 saturated carbocycles. The van der Waals surface area contributed by atoms with Gasteiger partial charge in [-0.05, 0) is 55.7 Å². The maximum Gasteiger partial charge on any atom is 0.240 e. The summed E-state index contributed by atoms with van der Waals surface area (Å²) in [6.07, 6.45) is 3.85. The van der Waals surface area contributed by atoms with Gasteiger partial charge in [0.25, 0.3) is 0 Å². The number of benzene rings is 2. The molecule has 3 aliphatic heterocycles. The van der Waals surface area contributed by atoms with Crippen LogP contribution in [-0.4, -0.2) is 34.6 Å². The van der Waals surface area contributed by atoms with Crippen molar-refractivity contribution >= 4 is 44.8 Å². The van der Waals surface area contributed by atoms with E-state index in [1.807, 2.05) is 59.7 Å². The zero-order valence-electron chi connectivity index (χ0n) is 16.4. The fourth-order valence-corrected chi connectivity index (χ4v) is 6.04. The highest BCUT2D eigenvalue weighted by Gasteiger charge is 2.70. The van der Waals surface area contributed by atoms with Gasteiger partial charge in [0, 0.05) is 11.0 Å². The first kappa shape index (κ1) is 18.3. The summed E-state index contributed by atoms with van der Waals surface area (Å²) in [5.74, 6) is -0.865. The molecule has 0 bridgehead atoms. The van der Waals surface area contributed by atoms with E-state index in [0.717, 1.165) is 41.6 Å². The Morgan fingerprint density at radius 3 is 2.47 bits per heavy atom. The third kappa shape index (κ3) is 2.30. The largest absolute Gasteiger partial charge is 0.274 e. The van der Waals surface area contributed by atoms with Crippen molar-refractivity contribution in [3.63, 3.8) is 0 Å². The number of nitrogens with zero attached hydrogens (tertiary/aromatic N) is 4. The zero-order valence-corrected chi connectivity index (χ0v) is 18.0. The maximum absolute atomic E-state index is 13.7. The molecular formula is C23H21BrN4O2. The van der Waals surface area contributed by atoms with E-state index in [9.17, 15) is 9.59 Å². The topological polar surface area (TPSA) is 56.2 Å². The number of hydrazone groups is 1. The van der Waals surface area contributed by atoms with Gasteiger partial charge in [0.05, 0.1) is 34.5 Å². The Balaban J connectivity index is 1.44. The van der Waals surface area contributed by atoms with E-state index in [-0.39, 0.29) is 23.7 Å². The van der Waals surface area contributed by atoms with Crippen molar-refractivity contribution in [1.82, 2.24) is 5.01 Å². The van der Waals surface area contributed by atoms with Gasteiger partial charge < -0.3 is 0 Å². The van der Waals surface area contributed by atoms with E-state index in [0.29, 0.717) is 12.2 Å². The minimum atomic E-state index is -0.480. The van der Waals surface area contributed by atoms with Crippen LogP contribution in [0.15, 0.2) is 64.2 Å². The van der Waals surface area contributed by atoms with Crippen LogP contribution in [0.3, 0.4) is 0 Å². The summed E-state index contributed by atoms with van der Waals surface area (Å²) in [5.41, 5.74) is 2.20. The molecule has 6 rings (SSSR count). The zero-order chi connectivity index (χ0) is 20.5. The number of para-hydroxylation sites is 1. The molecular weight excluding hydrogens is 444 g/mol. The lowest BCUT2D eigenvalue weighted by atomic mass is 9.70. The predicted molar refractivity (Wildman–Crippen MR) is 118 cm³/mol. The Labute approximate surface area is 183 Å². The SMILES string of the molecule is O=C1[C@@H]2[C@@H](CN3N(c4ccc(Br)cc4)N=C4CCCC[C@]423)C(=O)N1c1ccccc1. The van der Waals surface area contributed by atoms with Crippen LogP contribution in [-0.2, 0) is 9.59 Å². The Bertz CT molecular complexity index is 1070. The smallest absolute Gasteiger partial charge is 0.240 e. The van der Waals surface area contributed by atoms with Gasteiger partial charge in [-0.1, -0.05) is 40.5 Å². The number of halogens is 1. The van der Waals surface area contributed by atoms with E-state index >= 15 is 0 Å². The van der Waals surface area contributed by atoms with Crippen LogP contribution in [0.1, 0.15) is 25.7 Å². The maximum atomic E-state index is 13.7. The average molecular weight is 465 g/mol. The lowest BCUT2D eigenvalue weighted by molar-refractivity contribution is -0.124. The molecule has 2 saturated heterocycles. The van der Waals surface area contributed by atoms with Crippen molar-refractivity contribution in [3.8, 4) is 0 Å². The summed E-state index contributed by atoms with van der Waals surface area (Å²) in [5, 5.41) is 9.13. The predicted octanol–water partition coefficient (Wildman–Crippen LogP) is 3.97. The van der Waals surface area contributed by atoms with Gasteiger partial charge in [-0.15, -0.1) is 0 Å². The van der Waals surface area contributed by atoms with E-state index < -0.39 is 5.54 Å². The lowest BCUT2D eigenvalue weighted by Gasteiger charge is -2.41. The fraction of sp³-hybridized carbons (Fsp3) is 0.348. The molecule has 4 aliphatic rings. The monoisotopic (exact) mass is 464 g/mol. The van der Waals surface area contributed by atoms with Crippen molar-refractivity contribution in [2.45, 2.75) is 31.2 Å². The van der Waals surface area contributed by atoms with Gasteiger partial charge in [-0.25, -0.2) is 4.90 Å². The lowest BCUT2D eigenvalue weighted by Crippen LogP contribution is -2.57. The van der Waals surface area contributed by atoms with Crippen molar-refractivity contribution in [2.75, 3.05) is 16.6 Å². The number of fused-ring (bicyclic) bond motifs is 1. The molecule has 1 aliphatic carbocycles. The molecule has 0 aromatic heterocycles. The van der Waals surface area contributed by atoms with Gasteiger partial charge >= 0.3 is 0 Å². The molecule has 6 nitrogen and oxygen atoms in total. The van der Waals surface area contributed by atoms with Crippen molar-refractivity contribution in [3.05, 3.63) is 59.1 Å². The Morgan fingerprint density at radius 1 is 0.933 bits per heavy atom. The molecule has 2 aromatic rings. The summed E-state index contributed by atoms with van der Waals surface area (Å²) < 4.78 is 1.01. The summed E-state index contributed by atoms with van der Waals surface area (Å²) >= 11 is 3.49. The standard InChI is InChI=1S/C23H21BrN4O2/c24-15-9-11-17(12-10-15)28-25-19-8-4-5-13-23(19)20-18(14-26(23)28)21(29)27(22(20)30)16-6-2-1-3-7-16/h1-3,6-7,9-12,18,20H,4-5,8,13-14H2/t18-,20+,23+/m1/s1. The molecule has 7 heteroatoms. The summed E-state index contributed by atoms with van der Waals surface area (Å²) in [6.45, 7) is 0.516. The number of rotatable bonds is 2. The second kappa shape index (κ2) is 6.49. The number of hydrogen-bond donors (Lipinski definition) is 0. The second-order valence-electron chi connectivity index (χ2n) is 8.46. The van der Waals surface area contributed by atoms with Gasteiger partial charge in [-0.3, -0.25) is 9.59 Å². The van der Waals surface area contributed by atoms with Gasteiger partial charge in [0.2, 0.25) is 11.8 Å². The number of imide groups is 1. The molecule has 3 fully saturated rings. The Morgan fingerprint density at radius 2 is 1.70 bits per heavy atom. The second-order valence-corrected chi connectivity index (χ2v) is 9.37. The highest BCUT2D eigenvalue weighted by Crippen LogP contribution is 2.55. The van der Waals surface area contributed by atoms with Gasteiger partial charge in [-0.2, -0.15) is 15.2 Å². The molecule has 0 radical (unpaired) electrons. The fourth-order valence-electron chi connectivity index (χ4n) is 5.77. The van der Waals surface area contributed by atoms with Crippen LogP contribution in [0.2, 0.25) is 0 Å². The molecule has 3 heterocycles.